The van der Waals surface area contributed by atoms with E-state index in [9.17, 15) is 9.18 Å². The van der Waals surface area contributed by atoms with Crippen LogP contribution in [0.3, 0.4) is 0 Å². The van der Waals surface area contributed by atoms with Crippen LogP contribution in [0.2, 0.25) is 0 Å². The van der Waals surface area contributed by atoms with Crippen molar-refractivity contribution in [2.75, 3.05) is 5.32 Å². The summed E-state index contributed by atoms with van der Waals surface area (Å²) in [5.41, 5.74) is 2.24. The van der Waals surface area contributed by atoms with Crippen molar-refractivity contribution in [3.05, 3.63) is 53.8 Å². The standard InChI is InChI=1S/C20H21FN4O/c21-16-11-12-17(22-20(26)15-9-5-2-6-10-15)18-19(16)25(24-23-18)13-14-7-3-1-4-8-14/h1,3-4,7-8,11-12,15H,2,5-6,9-10,13H2,(H,22,26). The third-order valence-electron chi connectivity index (χ3n) is 5.02. The Labute approximate surface area is 151 Å². The molecule has 26 heavy (non-hydrogen) atoms. The first kappa shape index (κ1) is 16.7. The molecule has 0 radical (unpaired) electrons. The van der Waals surface area contributed by atoms with Gasteiger partial charge in [0.2, 0.25) is 5.91 Å². The normalized spacial score (nSPS) is 15.3. The molecule has 3 aromatic rings. The summed E-state index contributed by atoms with van der Waals surface area (Å²) in [6, 6.07) is 12.6. The van der Waals surface area contributed by atoms with Crippen molar-refractivity contribution in [2.24, 2.45) is 5.92 Å². The van der Waals surface area contributed by atoms with Crippen LogP contribution in [0.5, 0.6) is 0 Å². The van der Waals surface area contributed by atoms with Crippen LogP contribution in [-0.2, 0) is 11.3 Å². The molecular weight excluding hydrogens is 331 g/mol. The number of hydrogen-bond acceptors (Lipinski definition) is 3. The van der Waals surface area contributed by atoms with Crippen molar-refractivity contribution in [3.63, 3.8) is 0 Å². The van der Waals surface area contributed by atoms with Gasteiger partial charge in [0.1, 0.15) is 11.0 Å². The summed E-state index contributed by atoms with van der Waals surface area (Å²) < 4.78 is 16.0. The Hall–Kier alpha value is -2.76. The largest absolute Gasteiger partial charge is 0.324 e. The zero-order valence-corrected chi connectivity index (χ0v) is 14.5. The Bertz CT molecular complexity index is 916. The summed E-state index contributed by atoms with van der Waals surface area (Å²) in [5.74, 6) is -0.366. The fourth-order valence-electron chi connectivity index (χ4n) is 3.61. The van der Waals surface area contributed by atoms with Crippen LogP contribution < -0.4 is 5.32 Å². The number of anilines is 1. The van der Waals surface area contributed by atoms with Crippen molar-refractivity contribution in [1.82, 2.24) is 15.0 Å². The summed E-state index contributed by atoms with van der Waals surface area (Å²) in [4.78, 5) is 12.5. The molecule has 1 saturated carbocycles. The van der Waals surface area contributed by atoms with Crippen LogP contribution in [-0.4, -0.2) is 20.9 Å². The molecule has 2 aromatic carbocycles. The van der Waals surface area contributed by atoms with Crippen LogP contribution in [0.1, 0.15) is 37.7 Å². The van der Waals surface area contributed by atoms with E-state index in [2.05, 4.69) is 15.6 Å². The van der Waals surface area contributed by atoms with Gasteiger partial charge in [0.15, 0.2) is 5.82 Å². The zero-order chi connectivity index (χ0) is 17.9. The predicted octanol–water partition coefficient (Wildman–Crippen LogP) is 4.14. The van der Waals surface area contributed by atoms with Crippen molar-refractivity contribution >= 4 is 22.6 Å². The highest BCUT2D eigenvalue weighted by Gasteiger charge is 2.23. The number of benzene rings is 2. The van der Waals surface area contributed by atoms with Gasteiger partial charge in [-0.15, -0.1) is 5.10 Å². The van der Waals surface area contributed by atoms with E-state index in [1.54, 1.807) is 6.07 Å². The van der Waals surface area contributed by atoms with Gasteiger partial charge in [0.05, 0.1) is 12.2 Å². The molecule has 4 rings (SSSR count). The number of aromatic nitrogens is 3. The minimum absolute atomic E-state index is 0.00443. The second-order valence-corrected chi connectivity index (χ2v) is 6.85. The number of carbonyl (C=O) groups is 1. The molecule has 1 aliphatic carbocycles. The Kier molecular flexibility index (Phi) is 4.65. The topological polar surface area (TPSA) is 59.8 Å². The minimum Gasteiger partial charge on any atom is -0.324 e. The number of amides is 1. The predicted molar refractivity (Wildman–Crippen MR) is 98.2 cm³/mol. The van der Waals surface area contributed by atoms with Gasteiger partial charge in [-0.25, -0.2) is 9.07 Å². The van der Waals surface area contributed by atoms with Crippen LogP contribution >= 0.6 is 0 Å². The third-order valence-corrected chi connectivity index (χ3v) is 5.02. The van der Waals surface area contributed by atoms with E-state index in [0.29, 0.717) is 23.3 Å². The monoisotopic (exact) mass is 352 g/mol. The highest BCUT2D eigenvalue weighted by Crippen LogP contribution is 2.28. The molecule has 0 aliphatic heterocycles. The first-order chi connectivity index (χ1) is 12.7. The Morgan fingerprint density at radius 2 is 1.88 bits per heavy atom. The lowest BCUT2D eigenvalue weighted by atomic mass is 9.88. The van der Waals surface area contributed by atoms with E-state index >= 15 is 0 Å². The summed E-state index contributed by atoms with van der Waals surface area (Å²) in [7, 11) is 0. The van der Waals surface area contributed by atoms with Gasteiger partial charge >= 0.3 is 0 Å². The molecule has 1 aliphatic rings. The highest BCUT2D eigenvalue weighted by molar-refractivity contribution is 6.00. The first-order valence-electron chi connectivity index (χ1n) is 9.09. The number of rotatable bonds is 4. The molecule has 0 atom stereocenters. The van der Waals surface area contributed by atoms with E-state index in [0.717, 1.165) is 31.2 Å². The van der Waals surface area contributed by atoms with Gasteiger partial charge in [-0.3, -0.25) is 4.79 Å². The molecule has 0 saturated heterocycles. The molecule has 0 spiro atoms. The summed E-state index contributed by atoms with van der Waals surface area (Å²) in [5, 5.41) is 11.2. The number of carbonyl (C=O) groups excluding carboxylic acids is 1. The number of hydrogen-bond donors (Lipinski definition) is 1. The smallest absolute Gasteiger partial charge is 0.227 e. The zero-order valence-electron chi connectivity index (χ0n) is 14.5. The molecule has 1 aromatic heterocycles. The third kappa shape index (κ3) is 3.31. The molecule has 1 amide bonds. The van der Waals surface area contributed by atoms with E-state index < -0.39 is 5.82 Å². The lowest BCUT2D eigenvalue weighted by molar-refractivity contribution is -0.120. The van der Waals surface area contributed by atoms with Gasteiger partial charge < -0.3 is 5.32 Å². The Morgan fingerprint density at radius 3 is 2.65 bits per heavy atom. The van der Waals surface area contributed by atoms with Crippen molar-refractivity contribution in [3.8, 4) is 0 Å². The van der Waals surface area contributed by atoms with E-state index in [1.807, 2.05) is 30.3 Å². The second kappa shape index (κ2) is 7.23. The van der Waals surface area contributed by atoms with Gasteiger partial charge in [-0.2, -0.15) is 0 Å². The lowest BCUT2D eigenvalue weighted by Crippen LogP contribution is -2.24. The SMILES string of the molecule is O=C(Nc1ccc(F)c2c1nnn2Cc1ccccc1)C1CCCCC1. The van der Waals surface area contributed by atoms with Crippen molar-refractivity contribution in [1.29, 1.82) is 0 Å². The average Bonchev–Trinajstić information content (AvgIpc) is 3.10. The molecule has 0 bridgehead atoms. The van der Waals surface area contributed by atoms with Crippen molar-refractivity contribution in [2.45, 2.75) is 38.6 Å². The van der Waals surface area contributed by atoms with E-state index in [-0.39, 0.29) is 11.8 Å². The van der Waals surface area contributed by atoms with Gasteiger partial charge in [0.25, 0.3) is 0 Å². The molecule has 6 heteroatoms. The fraction of sp³-hybridized carbons (Fsp3) is 0.350. The maximum absolute atomic E-state index is 14.4. The number of nitrogens with zero attached hydrogens (tertiary/aromatic N) is 3. The Balaban J connectivity index is 1.62. The summed E-state index contributed by atoms with van der Waals surface area (Å²) in [6.45, 7) is 0.425. The van der Waals surface area contributed by atoms with Crippen LogP contribution in [0.25, 0.3) is 11.0 Å². The molecule has 1 fully saturated rings. The molecular formula is C20H21FN4O. The van der Waals surface area contributed by atoms with Crippen molar-refractivity contribution < 1.29 is 9.18 Å². The van der Waals surface area contributed by atoms with Crippen LogP contribution in [0, 0.1) is 11.7 Å². The maximum Gasteiger partial charge on any atom is 0.227 e. The lowest BCUT2D eigenvalue weighted by Gasteiger charge is -2.20. The molecule has 5 nitrogen and oxygen atoms in total. The molecule has 0 unspecified atom stereocenters. The Morgan fingerprint density at radius 1 is 1.12 bits per heavy atom. The average molecular weight is 352 g/mol. The van der Waals surface area contributed by atoms with Crippen LogP contribution in [0.15, 0.2) is 42.5 Å². The second-order valence-electron chi connectivity index (χ2n) is 6.85. The summed E-state index contributed by atoms with van der Waals surface area (Å²) >= 11 is 0. The molecule has 1 N–H and O–H groups in total. The number of halogens is 1. The molecule has 134 valence electrons. The minimum atomic E-state index is -0.392. The van der Waals surface area contributed by atoms with Gasteiger partial charge in [-0.05, 0) is 30.5 Å². The molecule has 1 heterocycles. The number of fused-ring (bicyclic) bond motifs is 1. The maximum atomic E-state index is 14.4. The van der Waals surface area contributed by atoms with Gasteiger partial charge in [0, 0.05) is 5.92 Å². The summed E-state index contributed by atoms with van der Waals surface area (Å²) in [6.07, 6.45) is 5.19. The number of nitrogens with one attached hydrogen (secondary N) is 1. The van der Waals surface area contributed by atoms with Crippen LogP contribution in [0.4, 0.5) is 10.1 Å². The van der Waals surface area contributed by atoms with Gasteiger partial charge in [-0.1, -0.05) is 54.8 Å². The highest BCUT2D eigenvalue weighted by atomic mass is 19.1. The first-order valence-corrected chi connectivity index (χ1v) is 9.09. The fourth-order valence-corrected chi connectivity index (χ4v) is 3.61. The van der Waals surface area contributed by atoms with E-state index in [4.69, 9.17) is 0 Å². The van der Waals surface area contributed by atoms with E-state index in [1.165, 1.54) is 17.2 Å². The quantitative estimate of drug-likeness (QED) is 0.768.